The van der Waals surface area contributed by atoms with Gasteiger partial charge in [0.05, 0.1) is 23.1 Å². The van der Waals surface area contributed by atoms with E-state index in [1.54, 1.807) is 0 Å². The minimum absolute atomic E-state index is 0.0467. The standard InChI is InChI=1S/C11H9F4N3O/c12-10-2-1-8(5-9(10)11(13,14)15)18-6-7(3-4-19)16-17-18/h1-2,5-6,19H,3-4H2. The molecule has 0 aliphatic heterocycles. The molecule has 0 amide bonds. The largest absolute Gasteiger partial charge is 0.419 e. The molecule has 0 saturated carbocycles. The van der Waals surface area contributed by atoms with Gasteiger partial charge in [0.1, 0.15) is 5.82 Å². The van der Waals surface area contributed by atoms with Crippen LogP contribution in [0, 0.1) is 5.82 Å². The van der Waals surface area contributed by atoms with Crippen LogP contribution < -0.4 is 0 Å². The second-order valence-electron chi connectivity index (χ2n) is 3.79. The Bertz CT molecular complexity index is 580. The highest BCUT2D eigenvalue weighted by Crippen LogP contribution is 2.32. The van der Waals surface area contributed by atoms with Crippen molar-refractivity contribution in [3.05, 3.63) is 41.5 Å². The summed E-state index contributed by atoms with van der Waals surface area (Å²) >= 11 is 0. The quantitative estimate of drug-likeness (QED) is 0.871. The van der Waals surface area contributed by atoms with E-state index in [9.17, 15) is 17.6 Å². The Morgan fingerprint density at radius 2 is 2.00 bits per heavy atom. The summed E-state index contributed by atoms with van der Waals surface area (Å²) in [6.07, 6.45) is -3.15. The van der Waals surface area contributed by atoms with Gasteiger partial charge in [-0.25, -0.2) is 9.07 Å². The van der Waals surface area contributed by atoms with Crippen molar-refractivity contribution in [2.24, 2.45) is 0 Å². The van der Waals surface area contributed by atoms with Crippen molar-refractivity contribution in [2.75, 3.05) is 6.61 Å². The number of aromatic nitrogens is 3. The molecule has 0 radical (unpaired) electrons. The zero-order valence-electron chi connectivity index (χ0n) is 9.52. The molecule has 0 unspecified atom stereocenters. The second-order valence-corrected chi connectivity index (χ2v) is 3.79. The molecule has 0 aliphatic carbocycles. The third-order valence-electron chi connectivity index (χ3n) is 2.43. The Morgan fingerprint density at radius 1 is 1.26 bits per heavy atom. The van der Waals surface area contributed by atoms with Crippen LogP contribution in [0.15, 0.2) is 24.4 Å². The molecule has 1 N–H and O–H groups in total. The van der Waals surface area contributed by atoms with Gasteiger partial charge in [0, 0.05) is 13.0 Å². The maximum atomic E-state index is 13.1. The molecule has 1 heterocycles. The van der Waals surface area contributed by atoms with E-state index in [2.05, 4.69) is 10.3 Å². The number of halogens is 4. The average molecular weight is 275 g/mol. The maximum Gasteiger partial charge on any atom is 0.419 e. The Kier molecular flexibility index (Phi) is 3.52. The third-order valence-corrected chi connectivity index (χ3v) is 2.43. The molecule has 0 saturated heterocycles. The number of hydrogen-bond donors (Lipinski definition) is 1. The van der Waals surface area contributed by atoms with Crippen LogP contribution in [0.5, 0.6) is 0 Å². The Labute approximate surface area is 105 Å². The van der Waals surface area contributed by atoms with Gasteiger partial charge in [0.15, 0.2) is 0 Å². The van der Waals surface area contributed by atoms with Crippen molar-refractivity contribution in [1.29, 1.82) is 0 Å². The van der Waals surface area contributed by atoms with Crippen LogP contribution in [0.4, 0.5) is 17.6 Å². The van der Waals surface area contributed by atoms with Crippen LogP contribution in [-0.4, -0.2) is 26.7 Å². The third kappa shape index (κ3) is 2.90. The molecule has 2 rings (SSSR count). The van der Waals surface area contributed by atoms with Crippen LogP contribution in [0.2, 0.25) is 0 Å². The normalized spacial score (nSPS) is 11.8. The van der Waals surface area contributed by atoms with E-state index >= 15 is 0 Å². The fourth-order valence-corrected chi connectivity index (χ4v) is 1.53. The van der Waals surface area contributed by atoms with E-state index in [-0.39, 0.29) is 18.7 Å². The number of alkyl halides is 3. The molecule has 1 aromatic heterocycles. The highest BCUT2D eigenvalue weighted by atomic mass is 19.4. The predicted octanol–water partition coefficient (Wildman–Crippen LogP) is 1.96. The van der Waals surface area contributed by atoms with Crippen molar-refractivity contribution in [3.8, 4) is 5.69 Å². The van der Waals surface area contributed by atoms with Gasteiger partial charge in [-0.1, -0.05) is 5.21 Å². The molecule has 102 valence electrons. The van der Waals surface area contributed by atoms with Crippen molar-refractivity contribution in [1.82, 2.24) is 15.0 Å². The zero-order valence-corrected chi connectivity index (χ0v) is 9.52. The molecule has 8 heteroatoms. The van der Waals surface area contributed by atoms with Gasteiger partial charge in [-0.15, -0.1) is 5.10 Å². The first-order chi connectivity index (χ1) is 8.91. The van der Waals surface area contributed by atoms with Gasteiger partial charge in [0.2, 0.25) is 0 Å². The number of aliphatic hydroxyl groups excluding tert-OH is 1. The molecule has 2 aromatic rings. The summed E-state index contributed by atoms with van der Waals surface area (Å²) in [5, 5.41) is 16.0. The van der Waals surface area contributed by atoms with Gasteiger partial charge in [0.25, 0.3) is 0 Å². The van der Waals surface area contributed by atoms with Crippen LogP contribution in [0.3, 0.4) is 0 Å². The number of nitrogens with zero attached hydrogens (tertiary/aromatic N) is 3. The van der Waals surface area contributed by atoms with Crippen LogP contribution in [0.1, 0.15) is 11.3 Å². The topological polar surface area (TPSA) is 50.9 Å². The number of benzene rings is 1. The molecule has 19 heavy (non-hydrogen) atoms. The molecule has 0 aliphatic rings. The lowest BCUT2D eigenvalue weighted by Crippen LogP contribution is -2.09. The number of hydrogen-bond acceptors (Lipinski definition) is 3. The lowest BCUT2D eigenvalue weighted by Gasteiger charge is -2.09. The Balaban J connectivity index is 2.39. The van der Waals surface area contributed by atoms with Gasteiger partial charge in [-0.3, -0.25) is 0 Å². The molecule has 0 spiro atoms. The molecular weight excluding hydrogens is 266 g/mol. The smallest absolute Gasteiger partial charge is 0.396 e. The first kappa shape index (κ1) is 13.5. The SMILES string of the molecule is OCCc1cn(-c2ccc(F)c(C(F)(F)F)c2)nn1. The second kappa shape index (κ2) is 4.96. The Morgan fingerprint density at radius 3 is 2.63 bits per heavy atom. The molecule has 0 bridgehead atoms. The molecule has 0 fully saturated rings. The number of aliphatic hydroxyl groups is 1. The van der Waals surface area contributed by atoms with E-state index in [1.807, 2.05) is 0 Å². The zero-order chi connectivity index (χ0) is 14.0. The summed E-state index contributed by atoms with van der Waals surface area (Å²) in [7, 11) is 0. The lowest BCUT2D eigenvalue weighted by molar-refractivity contribution is -0.140. The van der Waals surface area contributed by atoms with Crippen molar-refractivity contribution < 1.29 is 22.7 Å². The fourth-order valence-electron chi connectivity index (χ4n) is 1.53. The monoisotopic (exact) mass is 275 g/mol. The fraction of sp³-hybridized carbons (Fsp3) is 0.273. The minimum atomic E-state index is -4.77. The van der Waals surface area contributed by atoms with Gasteiger partial charge >= 0.3 is 6.18 Å². The van der Waals surface area contributed by atoms with Gasteiger partial charge in [-0.05, 0) is 18.2 Å². The van der Waals surface area contributed by atoms with E-state index in [1.165, 1.54) is 12.3 Å². The first-order valence-electron chi connectivity index (χ1n) is 5.31. The summed E-state index contributed by atoms with van der Waals surface area (Å²) < 4.78 is 51.9. The lowest BCUT2D eigenvalue weighted by atomic mass is 10.2. The highest BCUT2D eigenvalue weighted by molar-refractivity contribution is 5.37. The van der Waals surface area contributed by atoms with Crippen LogP contribution in [0.25, 0.3) is 5.69 Å². The molecule has 0 atom stereocenters. The van der Waals surface area contributed by atoms with Crippen LogP contribution >= 0.6 is 0 Å². The van der Waals surface area contributed by atoms with E-state index < -0.39 is 17.6 Å². The number of rotatable bonds is 3. The van der Waals surface area contributed by atoms with Crippen molar-refractivity contribution in [3.63, 3.8) is 0 Å². The van der Waals surface area contributed by atoms with Crippen LogP contribution in [-0.2, 0) is 12.6 Å². The molecular formula is C11H9F4N3O. The average Bonchev–Trinajstić information content (AvgIpc) is 2.77. The van der Waals surface area contributed by atoms with Gasteiger partial charge < -0.3 is 5.11 Å². The summed E-state index contributed by atoms with van der Waals surface area (Å²) in [6, 6.07) is 2.56. The van der Waals surface area contributed by atoms with E-state index in [0.717, 1.165) is 10.7 Å². The Hall–Kier alpha value is -1.96. The minimum Gasteiger partial charge on any atom is -0.396 e. The summed E-state index contributed by atoms with van der Waals surface area (Å²) in [5.41, 5.74) is -0.880. The van der Waals surface area contributed by atoms with E-state index in [4.69, 9.17) is 5.11 Å². The predicted molar refractivity (Wildman–Crippen MR) is 57.1 cm³/mol. The molecule has 4 nitrogen and oxygen atoms in total. The van der Waals surface area contributed by atoms with Crippen molar-refractivity contribution in [2.45, 2.75) is 12.6 Å². The van der Waals surface area contributed by atoms with Gasteiger partial charge in [-0.2, -0.15) is 13.2 Å². The summed E-state index contributed by atoms with van der Waals surface area (Å²) in [4.78, 5) is 0. The van der Waals surface area contributed by atoms with Crippen molar-refractivity contribution >= 4 is 0 Å². The molecule has 1 aromatic carbocycles. The summed E-state index contributed by atoms with van der Waals surface area (Å²) in [6.45, 7) is -0.143. The summed E-state index contributed by atoms with van der Waals surface area (Å²) in [5.74, 6) is -1.34. The first-order valence-corrected chi connectivity index (χ1v) is 5.31. The highest BCUT2D eigenvalue weighted by Gasteiger charge is 2.34. The van der Waals surface area contributed by atoms with E-state index in [0.29, 0.717) is 11.8 Å². The maximum absolute atomic E-state index is 13.1.